The summed E-state index contributed by atoms with van der Waals surface area (Å²) in [5.41, 5.74) is 5.26. The van der Waals surface area contributed by atoms with Crippen molar-refractivity contribution in [2.45, 2.75) is 19.6 Å². The van der Waals surface area contributed by atoms with Crippen LogP contribution in [0, 0.1) is 0 Å². The van der Waals surface area contributed by atoms with Crippen LogP contribution in [0.4, 0.5) is 5.95 Å². The van der Waals surface area contributed by atoms with Gasteiger partial charge in [0.1, 0.15) is 12.9 Å². The first-order valence-electron chi connectivity index (χ1n) is 4.17. The molecule has 1 amide bonds. The highest BCUT2D eigenvalue weighted by Crippen LogP contribution is 1.88. The van der Waals surface area contributed by atoms with E-state index >= 15 is 0 Å². The standard InChI is InChI=1S/C7H13N5O2/c1-5(13)2-9-6(14)3-12-4-10-7(8)11-12/h4-5,13H,2-3H2,1H3,(H2,8,11)(H,9,14)/t5-/m0/s1. The van der Waals surface area contributed by atoms with Crippen molar-refractivity contribution >= 4 is 11.9 Å². The summed E-state index contributed by atoms with van der Waals surface area (Å²) in [5.74, 6) is -0.107. The van der Waals surface area contributed by atoms with Crippen molar-refractivity contribution in [2.75, 3.05) is 12.3 Å². The number of nitrogens with zero attached hydrogens (tertiary/aromatic N) is 3. The number of anilines is 1. The molecule has 0 radical (unpaired) electrons. The first-order chi connectivity index (χ1) is 6.58. The summed E-state index contributed by atoms with van der Waals surface area (Å²) in [4.78, 5) is 14.8. The number of amides is 1. The molecule has 0 aliphatic carbocycles. The molecule has 0 saturated carbocycles. The minimum atomic E-state index is -0.556. The van der Waals surface area contributed by atoms with Gasteiger partial charge in [0.05, 0.1) is 6.10 Å². The van der Waals surface area contributed by atoms with Crippen LogP contribution in [0.3, 0.4) is 0 Å². The number of nitrogens with two attached hydrogens (primary N) is 1. The SMILES string of the molecule is C[C@H](O)CNC(=O)Cn1cnc(N)n1. The zero-order valence-corrected chi connectivity index (χ0v) is 7.84. The summed E-state index contributed by atoms with van der Waals surface area (Å²) in [6, 6.07) is 0. The maximum absolute atomic E-state index is 11.2. The summed E-state index contributed by atoms with van der Waals surface area (Å²) in [7, 11) is 0. The minimum Gasteiger partial charge on any atom is -0.392 e. The minimum absolute atomic E-state index is 0.0525. The van der Waals surface area contributed by atoms with Gasteiger partial charge in [-0.05, 0) is 6.92 Å². The van der Waals surface area contributed by atoms with E-state index in [0.717, 1.165) is 0 Å². The molecule has 1 heterocycles. The zero-order chi connectivity index (χ0) is 10.6. The Labute approximate surface area is 80.9 Å². The molecule has 0 fully saturated rings. The molecule has 1 rings (SSSR count). The van der Waals surface area contributed by atoms with Crippen LogP contribution in [0.15, 0.2) is 6.33 Å². The van der Waals surface area contributed by atoms with E-state index in [9.17, 15) is 4.79 Å². The molecule has 7 nitrogen and oxygen atoms in total. The Bertz CT molecular complexity index is 309. The molecule has 0 saturated heterocycles. The van der Waals surface area contributed by atoms with E-state index < -0.39 is 6.10 Å². The Balaban J connectivity index is 2.34. The predicted molar refractivity (Wildman–Crippen MR) is 49.1 cm³/mol. The van der Waals surface area contributed by atoms with E-state index in [1.54, 1.807) is 6.92 Å². The highest BCUT2D eigenvalue weighted by atomic mass is 16.3. The number of aromatic nitrogens is 3. The van der Waals surface area contributed by atoms with Gasteiger partial charge in [0.2, 0.25) is 11.9 Å². The molecule has 14 heavy (non-hydrogen) atoms. The average Bonchev–Trinajstić information content (AvgIpc) is 2.48. The largest absolute Gasteiger partial charge is 0.392 e. The molecule has 0 unspecified atom stereocenters. The smallest absolute Gasteiger partial charge is 0.241 e. The predicted octanol–water partition coefficient (Wildman–Crippen LogP) is -1.64. The van der Waals surface area contributed by atoms with E-state index in [1.807, 2.05) is 0 Å². The summed E-state index contributed by atoms with van der Waals surface area (Å²) in [5, 5.41) is 15.2. The number of carbonyl (C=O) groups excluding carboxylic acids is 1. The third kappa shape index (κ3) is 3.40. The van der Waals surface area contributed by atoms with Crippen LogP contribution >= 0.6 is 0 Å². The van der Waals surface area contributed by atoms with E-state index in [4.69, 9.17) is 10.8 Å². The number of carbonyl (C=O) groups is 1. The first-order valence-corrected chi connectivity index (χ1v) is 4.17. The summed E-state index contributed by atoms with van der Waals surface area (Å²) >= 11 is 0. The molecular formula is C7H13N5O2. The first kappa shape index (κ1) is 10.5. The Morgan fingerprint density at radius 1 is 1.86 bits per heavy atom. The fraction of sp³-hybridized carbons (Fsp3) is 0.571. The van der Waals surface area contributed by atoms with Crippen molar-refractivity contribution in [2.24, 2.45) is 0 Å². The average molecular weight is 199 g/mol. The van der Waals surface area contributed by atoms with E-state index in [-0.39, 0.29) is 24.9 Å². The second kappa shape index (κ2) is 4.56. The van der Waals surface area contributed by atoms with Crippen molar-refractivity contribution in [1.82, 2.24) is 20.1 Å². The third-order valence-corrected chi connectivity index (χ3v) is 1.45. The molecule has 0 aromatic carbocycles. The fourth-order valence-corrected chi connectivity index (χ4v) is 0.850. The Morgan fingerprint density at radius 3 is 3.07 bits per heavy atom. The number of aliphatic hydroxyl groups excluding tert-OH is 1. The van der Waals surface area contributed by atoms with E-state index in [2.05, 4.69) is 15.4 Å². The Morgan fingerprint density at radius 2 is 2.57 bits per heavy atom. The number of hydrogen-bond donors (Lipinski definition) is 3. The lowest BCUT2D eigenvalue weighted by molar-refractivity contribution is -0.122. The molecule has 7 heteroatoms. The van der Waals surface area contributed by atoms with Gasteiger partial charge in [0.15, 0.2) is 0 Å². The second-order valence-electron chi connectivity index (χ2n) is 2.95. The normalized spacial score (nSPS) is 12.4. The molecule has 0 aliphatic rings. The topological polar surface area (TPSA) is 106 Å². The molecule has 1 atom stereocenters. The summed E-state index contributed by atoms with van der Waals surface area (Å²) in [6.45, 7) is 1.87. The van der Waals surface area contributed by atoms with Gasteiger partial charge in [-0.3, -0.25) is 4.79 Å². The van der Waals surface area contributed by atoms with Gasteiger partial charge in [0.25, 0.3) is 0 Å². The van der Waals surface area contributed by atoms with Crippen LogP contribution in [0.1, 0.15) is 6.92 Å². The van der Waals surface area contributed by atoms with Gasteiger partial charge in [0, 0.05) is 6.54 Å². The summed E-state index contributed by atoms with van der Waals surface area (Å²) < 4.78 is 1.33. The van der Waals surface area contributed by atoms with Crippen molar-refractivity contribution in [3.63, 3.8) is 0 Å². The molecule has 0 bridgehead atoms. The molecule has 78 valence electrons. The second-order valence-corrected chi connectivity index (χ2v) is 2.95. The van der Waals surface area contributed by atoms with Crippen LogP contribution in [0.2, 0.25) is 0 Å². The van der Waals surface area contributed by atoms with Gasteiger partial charge < -0.3 is 16.2 Å². The summed E-state index contributed by atoms with van der Waals surface area (Å²) in [6.07, 6.45) is 0.817. The van der Waals surface area contributed by atoms with Gasteiger partial charge in [-0.25, -0.2) is 9.67 Å². The van der Waals surface area contributed by atoms with Gasteiger partial charge in [-0.2, -0.15) is 0 Å². The number of nitrogens with one attached hydrogen (secondary N) is 1. The highest BCUT2D eigenvalue weighted by Gasteiger charge is 2.04. The number of nitrogen functional groups attached to an aromatic ring is 1. The van der Waals surface area contributed by atoms with Crippen LogP contribution in [0.5, 0.6) is 0 Å². The zero-order valence-electron chi connectivity index (χ0n) is 7.84. The molecule has 1 aromatic rings. The Hall–Kier alpha value is -1.63. The van der Waals surface area contributed by atoms with Crippen molar-refractivity contribution in [1.29, 1.82) is 0 Å². The molecule has 1 aromatic heterocycles. The van der Waals surface area contributed by atoms with Crippen LogP contribution in [-0.2, 0) is 11.3 Å². The molecule has 4 N–H and O–H groups in total. The number of aliphatic hydroxyl groups is 1. The van der Waals surface area contributed by atoms with Crippen molar-refractivity contribution in [3.05, 3.63) is 6.33 Å². The molecular weight excluding hydrogens is 186 g/mol. The lowest BCUT2D eigenvalue weighted by Gasteiger charge is -2.06. The maximum atomic E-state index is 11.2. The van der Waals surface area contributed by atoms with Crippen molar-refractivity contribution < 1.29 is 9.90 Å². The molecule has 0 aliphatic heterocycles. The lowest BCUT2D eigenvalue weighted by atomic mass is 10.4. The quantitative estimate of drug-likeness (QED) is 0.539. The van der Waals surface area contributed by atoms with Crippen LogP contribution in [0.25, 0.3) is 0 Å². The van der Waals surface area contributed by atoms with Crippen molar-refractivity contribution in [3.8, 4) is 0 Å². The van der Waals surface area contributed by atoms with Crippen LogP contribution in [-0.4, -0.2) is 38.4 Å². The lowest BCUT2D eigenvalue weighted by Crippen LogP contribution is -2.33. The highest BCUT2D eigenvalue weighted by molar-refractivity contribution is 5.75. The fourth-order valence-electron chi connectivity index (χ4n) is 0.850. The van der Waals surface area contributed by atoms with Gasteiger partial charge in [-0.15, -0.1) is 5.10 Å². The third-order valence-electron chi connectivity index (χ3n) is 1.45. The number of hydrogen-bond acceptors (Lipinski definition) is 5. The van der Waals surface area contributed by atoms with E-state index in [1.165, 1.54) is 11.0 Å². The maximum Gasteiger partial charge on any atom is 0.241 e. The Kier molecular flexibility index (Phi) is 3.41. The van der Waals surface area contributed by atoms with Crippen LogP contribution < -0.4 is 11.1 Å². The van der Waals surface area contributed by atoms with Gasteiger partial charge in [-0.1, -0.05) is 0 Å². The van der Waals surface area contributed by atoms with E-state index in [0.29, 0.717) is 0 Å². The number of rotatable bonds is 4. The monoisotopic (exact) mass is 199 g/mol. The molecule has 0 spiro atoms. The van der Waals surface area contributed by atoms with Gasteiger partial charge >= 0.3 is 0 Å².